The third-order valence-electron chi connectivity index (χ3n) is 5.71. The molecule has 0 N–H and O–H groups in total. The van der Waals surface area contributed by atoms with E-state index in [0.717, 1.165) is 56.0 Å². The minimum Gasteiger partial charge on any atom is -0.341 e. The molecule has 3 nitrogen and oxygen atoms in total. The van der Waals surface area contributed by atoms with Gasteiger partial charge in [-0.1, -0.05) is 48.0 Å². The minimum absolute atomic E-state index is 0.268. The Hall–Kier alpha value is -1.84. The number of fused-ring (bicyclic) bond motifs is 1. The summed E-state index contributed by atoms with van der Waals surface area (Å²) in [7, 11) is 0. The first-order valence-electron chi connectivity index (χ1n) is 9.52. The first kappa shape index (κ1) is 17.6. The Balaban J connectivity index is 1.30. The smallest absolute Gasteiger partial charge is 0.222 e. The van der Waals surface area contributed by atoms with Crippen molar-refractivity contribution in [1.82, 2.24) is 9.80 Å². The molecule has 0 aliphatic carbocycles. The largest absolute Gasteiger partial charge is 0.341 e. The fourth-order valence-electron chi connectivity index (χ4n) is 4.20. The van der Waals surface area contributed by atoms with Crippen LogP contribution in [-0.2, 0) is 24.2 Å². The van der Waals surface area contributed by atoms with Crippen LogP contribution < -0.4 is 0 Å². The number of rotatable bonds is 4. The van der Waals surface area contributed by atoms with Gasteiger partial charge in [-0.3, -0.25) is 9.69 Å². The van der Waals surface area contributed by atoms with E-state index in [1.807, 2.05) is 24.3 Å². The van der Waals surface area contributed by atoms with Crippen molar-refractivity contribution in [3.8, 4) is 0 Å². The lowest BCUT2D eigenvalue weighted by atomic mass is 9.98. The average molecular weight is 369 g/mol. The van der Waals surface area contributed by atoms with E-state index in [4.69, 9.17) is 11.6 Å². The molecule has 4 rings (SSSR count). The van der Waals surface area contributed by atoms with Crippen LogP contribution in [-0.4, -0.2) is 41.4 Å². The predicted molar refractivity (Wildman–Crippen MR) is 105 cm³/mol. The highest BCUT2D eigenvalue weighted by Crippen LogP contribution is 2.25. The lowest BCUT2D eigenvalue weighted by molar-refractivity contribution is -0.130. The summed E-state index contributed by atoms with van der Waals surface area (Å²) in [5, 5.41) is 0.738. The van der Waals surface area contributed by atoms with E-state index in [-0.39, 0.29) is 5.91 Å². The van der Waals surface area contributed by atoms with Crippen LogP contribution >= 0.6 is 11.6 Å². The molecular weight excluding hydrogens is 344 g/mol. The van der Waals surface area contributed by atoms with Crippen molar-refractivity contribution < 1.29 is 4.79 Å². The van der Waals surface area contributed by atoms with Crippen molar-refractivity contribution in [3.63, 3.8) is 0 Å². The number of hydrogen-bond acceptors (Lipinski definition) is 2. The van der Waals surface area contributed by atoms with Gasteiger partial charge in [-0.25, -0.2) is 0 Å². The average Bonchev–Trinajstić information content (AvgIpc) is 3.16. The molecule has 136 valence electrons. The van der Waals surface area contributed by atoms with Crippen molar-refractivity contribution in [2.75, 3.05) is 19.6 Å². The van der Waals surface area contributed by atoms with Crippen molar-refractivity contribution in [3.05, 3.63) is 70.2 Å². The van der Waals surface area contributed by atoms with Gasteiger partial charge in [0.25, 0.3) is 0 Å². The van der Waals surface area contributed by atoms with Crippen LogP contribution in [0.2, 0.25) is 5.02 Å². The number of benzene rings is 2. The fraction of sp³-hybridized carbons (Fsp3) is 0.409. The molecule has 2 aromatic rings. The van der Waals surface area contributed by atoms with Gasteiger partial charge in [0.2, 0.25) is 5.91 Å². The van der Waals surface area contributed by atoms with Crippen molar-refractivity contribution in [1.29, 1.82) is 0 Å². The normalized spacial score (nSPS) is 20.2. The molecule has 4 heteroatoms. The molecule has 0 saturated carbocycles. The van der Waals surface area contributed by atoms with Gasteiger partial charge >= 0.3 is 0 Å². The van der Waals surface area contributed by atoms with Crippen LogP contribution in [0.4, 0.5) is 0 Å². The molecule has 0 bridgehead atoms. The van der Waals surface area contributed by atoms with E-state index in [0.29, 0.717) is 12.5 Å². The number of halogens is 1. The molecule has 0 radical (unpaired) electrons. The number of amides is 1. The highest BCUT2D eigenvalue weighted by molar-refractivity contribution is 6.30. The number of carbonyl (C=O) groups excluding carboxylic acids is 1. The Morgan fingerprint density at radius 2 is 1.92 bits per heavy atom. The van der Waals surface area contributed by atoms with E-state index >= 15 is 0 Å². The van der Waals surface area contributed by atoms with E-state index in [9.17, 15) is 4.79 Å². The Morgan fingerprint density at radius 1 is 1.08 bits per heavy atom. The maximum absolute atomic E-state index is 12.6. The van der Waals surface area contributed by atoms with Crippen LogP contribution in [0.15, 0.2) is 48.5 Å². The first-order chi connectivity index (χ1) is 12.7. The van der Waals surface area contributed by atoms with E-state index in [2.05, 4.69) is 34.1 Å². The minimum atomic E-state index is 0.268. The lowest BCUT2D eigenvalue weighted by Crippen LogP contribution is -2.41. The summed E-state index contributed by atoms with van der Waals surface area (Å²) in [6, 6.07) is 17.0. The molecular formula is C22H25ClN2O. The van der Waals surface area contributed by atoms with Gasteiger partial charge in [-0.2, -0.15) is 0 Å². The SMILES string of the molecule is O=C(CCc1cccc(Cl)c1)N1CCC(N2CCc3ccccc3C2)C1. The number of nitrogens with zero attached hydrogens (tertiary/aromatic N) is 2. The molecule has 1 amide bonds. The molecule has 0 spiro atoms. The summed E-state index contributed by atoms with van der Waals surface area (Å²) in [6.45, 7) is 3.88. The van der Waals surface area contributed by atoms with E-state index in [1.165, 1.54) is 11.1 Å². The van der Waals surface area contributed by atoms with E-state index < -0.39 is 0 Å². The van der Waals surface area contributed by atoms with Gasteiger partial charge in [0.05, 0.1) is 0 Å². The van der Waals surface area contributed by atoms with Gasteiger partial charge in [-0.15, -0.1) is 0 Å². The summed E-state index contributed by atoms with van der Waals surface area (Å²) < 4.78 is 0. The Bertz CT molecular complexity index is 791. The number of likely N-dealkylation sites (tertiary alicyclic amines) is 1. The maximum atomic E-state index is 12.6. The fourth-order valence-corrected chi connectivity index (χ4v) is 4.41. The highest BCUT2D eigenvalue weighted by Gasteiger charge is 2.31. The molecule has 2 heterocycles. The molecule has 2 aliphatic heterocycles. The second-order valence-electron chi connectivity index (χ2n) is 7.40. The van der Waals surface area contributed by atoms with Gasteiger partial charge in [0.15, 0.2) is 0 Å². The third-order valence-corrected chi connectivity index (χ3v) is 5.94. The Morgan fingerprint density at radius 3 is 2.77 bits per heavy atom. The lowest BCUT2D eigenvalue weighted by Gasteiger charge is -2.33. The van der Waals surface area contributed by atoms with Crippen molar-refractivity contribution in [2.45, 2.75) is 38.3 Å². The summed E-state index contributed by atoms with van der Waals surface area (Å²) in [6.07, 6.45) is 3.54. The zero-order chi connectivity index (χ0) is 17.9. The van der Waals surface area contributed by atoms with Crippen LogP contribution in [0, 0.1) is 0 Å². The predicted octanol–water partition coefficient (Wildman–Crippen LogP) is 3.93. The quantitative estimate of drug-likeness (QED) is 0.816. The zero-order valence-electron chi connectivity index (χ0n) is 15.0. The van der Waals surface area contributed by atoms with Gasteiger partial charge in [0, 0.05) is 43.7 Å². The highest BCUT2D eigenvalue weighted by atomic mass is 35.5. The van der Waals surface area contributed by atoms with Crippen LogP contribution in [0.5, 0.6) is 0 Å². The van der Waals surface area contributed by atoms with Gasteiger partial charge < -0.3 is 4.90 Å². The molecule has 1 unspecified atom stereocenters. The van der Waals surface area contributed by atoms with Crippen molar-refractivity contribution in [2.24, 2.45) is 0 Å². The molecule has 1 atom stereocenters. The summed E-state index contributed by atoms with van der Waals surface area (Å²) in [4.78, 5) is 17.2. The first-order valence-corrected chi connectivity index (χ1v) is 9.90. The molecule has 2 aliphatic rings. The summed E-state index contributed by atoms with van der Waals surface area (Å²) >= 11 is 6.03. The Labute approximate surface area is 160 Å². The molecule has 0 aromatic heterocycles. The topological polar surface area (TPSA) is 23.6 Å². The third kappa shape index (κ3) is 3.94. The number of aryl methyl sites for hydroxylation is 1. The summed E-state index contributed by atoms with van der Waals surface area (Å²) in [5.41, 5.74) is 4.06. The standard InChI is InChI=1S/C22H25ClN2O/c23-20-7-3-4-17(14-20)8-9-22(26)25-13-11-21(16-25)24-12-10-18-5-1-2-6-19(18)15-24/h1-7,14,21H,8-13,15-16H2. The van der Waals surface area contributed by atoms with Gasteiger partial charge in [-0.05, 0) is 48.1 Å². The van der Waals surface area contributed by atoms with Gasteiger partial charge in [0.1, 0.15) is 0 Å². The zero-order valence-corrected chi connectivity index (χ0v) is 15.8. The molecule has 1 fully saturated rings. The molecule has 1 saturated heterocycles. The van der Waals surface area contributed by atoms with E-state index in [1.54, 1.807) is 0 Å². The maximum Gasteiger partial charge on any atom is 0.222 e. The molecule has 26 heavy (non-hydrogen) atoms. The number of hydrogen-bond donors (Lipinski definition) is 0. The van der Waals surface area contributed by atoms with Crippen molar-refractivity contribution >= 4 is 17.5 Å². The molecule has 2 aromatic carbocycles. The summed E-state index contributed by atoms with van der Waals surface area (Å²) in [5.74, 6) is 0.268. The second-order valence-corrected chi connectivity index (χ2v) is 7.84. The van der Waals surface area contributed by atoms with Crippen LogP contribution in [0.25, 0.3) is 0 Å². The van der Waals surface area contributed by atoms with Crippen LogP contribution in [0.1, 0.15) is 29.5 Å². The monoisotopic (exact) mass is 368 g/mol. The Kier molecular flexibility index (Phi) is 5.28. The second kappa shape index (κ2) is 7.81. The van der Waals surface area contributed by atoms with Crippen LogP contribution in [0.3, 0.4) is 0 Å². The number of carbonyl (C=O) groups is 1.